The molecule has 148 valence electrons. The molecule has 0 radical (unpaired) electrons. The highest BCUT2D eigenvalue weighted by molar-refractivity contribution is 7.93. The molecule has 1 saturated heterocycles. The van der Waals surface area contributed by atoms with Crippen molar-refractivity contribution in [3.8, 4) is 0 Å². The first kappa shape index (κ1) is 18.8. The molecule has 2 aliphatic rings. The summed E-state index contributed by atoms with van der Waals surface area (Å²) in [4.78, 5) is 14.9. The highest BCUT2D eigenvalue weighted by Gasteiger charge is 2.29. The molecule has 1 N–H and O–H groups in total. The third-order valence-electron chi connectivity index (χ3n) is 5.38. The number of hydrogen-bond acceptors (Lipinski definition) is 4. The van der Waals surface area contributed by atoms with Crippen LogP contribution in [0.5, 0.6) is 0 Å². The fraction of sp³-hybridized carbons (Fsp3) is 0.381. The molecule has 2 heterocycles. The van der Waals surface area contributed by atoms with E-state index in [9.17, 15) is 13.2 Å². The predicted octanol–water partition coefficient (Wildman–Crippen LogP) is 3.01. The maximum absolute atomic E-state index is 13.0. The summed E-state index contributed by atoms with van der Waals surface area (Å²) in [5, 5.41) is 3.25. The van der Waals surface area contributed by atoms with Gasteiger partial charge in [-0.25, -0.2) is 8.42 Å². The van der Waals surface area contributed by atoms with Gasteiger partial charge in [0.15, 0.2) is 0 Å². The Hall–Kier alpha value is -2.54. The van der Waals surface area contributed by atoms with Gasteiger partial charge >= 0.3 is 0 Å². The molecule has 2 aromatic carbocycles. The summed E-state index contributed by atoms with van der Waals surface area (Å²) in [6, 6.07) is 14.9. The summed E-state index contributed by atoms with van der Waals surface area (Å²) in [5.74, 6) is 0.244. The minimum absolute atomic E-state index is 0.0401. The number of fused-ring (bicyclic) bond motifs is 1. The molecule has 1 amide bonds. The molecule has 6 nitrogen and oxygen atoms in total. The second kappa shape index (κ2) is 7.47. The number of anilines is 3. The van der Waals surface area contributed by atoms with Crippen molar-refractivity contribution in [1.29, 1.82) is 0 Å². The van der Waals surface area contributed by atoms with E-state index >= 15 is 0 Å². The molecule has 4 rings (SSSR count). The lowest BCUT2D eigenvalue weighted by Crippen LogP contribution is -2.44. The Morgan fingerprint density at radius 3 is 2.50 bits per heavy atom. The van der Waals surface area contributed by atoms with Crippen molar-refractivity contribution >= 4 is 33.0 Å². The quantitative estimate of drug-likeness (QED) is 0.858. The summed E-state index contributed by atoms with van der Waals surface area (Å²) in [5.41, 5.74) is 3.69. The van der Waals surface area contributed by atoms with Crippen molar-refractivity contribution in [3.63, 3.8) is 0 Å². The normalized spacial score (nSPS) is 19.2. The van der Waals surface area contributed by atoms with Crippen molar-refractivity contribution in [1.82, 2.24) is 0 Å². The van der Waals surface area contributed by atoms with Gasteiger partial charge in [-0.1, -0.05) is 18.2 Å². The van der Waals surface area contributed by atoms with E-state index in [2.05, 4.69) is 11.4 Å². The third-order valence-corrected chi connectivity index (χ3v) is 7.25. The molecular formula is C21H25N3O3S. The molecular weight excluding hydrogens is 374 g/mol. The molecule has 1 unspecified atom stereocenters. The molecule has 0 aromatic heterocycles. The Balaban J connectivity index is 1.45. The Labute approximate surface area is 166 Å². The number of hydrogen-bond donors (Lipinski definition) is 1. The molecule has 0 aliphatic carbocycles. The van der Waals surface area contributed by atoms with Crippen LogP contribution in [0.1, 0.15) is 25.3 Å². The van der Waals surface area contributed by atoms with Crippen LogP contribution in [-0.2, 0) is 21.2 Å². The predicted molar refractivity (Wildman–Crippen MR) is 112 cm³/mol. The Morgan fingerprint density at radius 2 is 1.79 bits per heavy atom. The first-order chi connectivity index (χ1) is 13.5. The van der Waals surface area contributed by atoms with Crippen LogP contribution in [0, 0.1) is 0 Å². The van der Waals surface area contributed by atoms with Gasteiger partial charge in [-0.2, -0.15) is 0 Å². The van der Waals surface area contributed by atoms with Crippen LogP contribution in [0.25, 0.3) is 0 Å². The van der Waals surface area contributed by atoms with Gasteiger partial charge in [-0.15, -0.1) is 0 Å². The molecule has 1 fully saturated rings. The minimum Gasteiger partial charge on any atom is -0.374 e. The van der Waals surface area contributed by atoms with Crippen LogP contribution in [0.3, 0.4) is 0 Å². The van der Waals surface area contributed by atoms with E-state index in [-0.39, 0.29) is 17.7 Å². The molecule has 0 spiro atoms. The molecule has 0 bridgehead atoms. The molecule has 1 atom stereocenters. The van der Waals surface area contributed by atoms with Crippen molar-refractivity contribution in [2.75, 3.05) is 33.4 Å². The minimum atomic E-state index is -3.18. The zero-order valence-corrected chi connectivity index (χ0v) is 16.8. The van der Waals surface area contributed by atoms with Crippen LogP contribution in [0.15, 0.2) is 48.5 Å². The van der Waals surface area contributed by atoms with Gasteiger partial charge in [0.05, 0.1) is 11.4 Å². The summed E-state index contributed by atoms with van der Waals surface area (Å²) in [6.45, 7) is 3.12. The van der Waals surface area contributed by atoms with Gasteiger partial charge in [-0.05, 0) is 62.1 Å². The van der Waals surface area contributed by atoms with Crippen molar-refractivity contribution in [3.05, 3.63) is 54.1 Å². The Morgan fingerprint density at radius 1 is 1.04 bits per heavy atom. The van der Waals surface area contributed by atoms with Crippen LogP contribution < -0.4 is 14.5 Å². The second-order valence-electron chi connectivity index (χ2n) is 7.38. The van der Waals surface area contributed by atoms with Gasteiger partial charge in [-0.3, -0.25) is 9.10 Å². The molecule has 0 saturated carbocycles. The van der Waals surface area contributed by atoms with Crippen LogP contribution in [0.2, 0.25) is 0 Å². The standard InChI is InChI=1S/C21H25N3O3S/c1-16(21(25)23-13-4-7-17-6-2-3-8-20(17)23)22-18-9-11-19(12-10-18)24-14-5-15-28(24,26)27/h2-3,6,8-12,16,22H,4-5,7,13-15H2,1H3. The number of rotatable bonds is 4. The van der Waals surface area contributed by atoms with Crippen LogP contribution >= 0.6 is 0 Å². The van der Waals surface area contributed by atoms with E-state index in [0.29, 0.717) is 18.7 Å². The number of para-hydroxylation sites is 1. The van der Waals surface area contributed by atoms with Crippen LogP contribution in [0.4, 0.5) is 17.1 Å². The van der Waals surface area contributed by atoms with E-state index in [1.165, 1.54) is 9.87 Å². The number of benzene rings is 2. The summed E-state index contributed by atoms with van der Waals surface area (Å²) in [6.07, 6.45) is 2.63. The largest absolute Gasteiger partial charge is 0.374 e. The maximum Gasteiger partial charge on any atom is 0.249 e. The lowest BCUT2D eigenvalue weighted by atomic mass is 10.0. The number of nitrogens with one attached hydrogen (secondary N) is 1. The smallest absolute Gasteiger partial charge is 0.249 e. The van der Waals surface area contributed by atoms with E-state index in [4.69, 9.17) is 0 Å². The number of amides is 1. The first-order valence-corrected chi connectivity index (χ1v) is 11.3. The van der Waals surface area contributed by atoms with Gasteiger partial charge in [0.2, 0.25) is 15.9 Å². The zero-order valence-electron chi connectivity index (χ0n) is 16.0. The molecule has 28 heavy (non-hydrogen) atoms. The van der Waals surface area contributed by atoms with Crippen molar-refractivity contribution in [2.24, 2.45) is 0 Å². The molecule has 7 heteroatoms. The monoisotopic (exact) mass is 399 g/mol. The summed E-state index contributed by atoms with van der Waals surface area (Å²) < 4.78 is 25.6. The van der Waals surface area contributed by atoms with Gasteiger partial charge in [0.25, 0.3) is 0 Å². The average Bonchev–Trinajstić information content (AvgIpc) is 3.06. The number of carbonyl (C=O) groups is 1. The van der Waals surface area contributed by atoms with Crippen LogP contribution in [-0.4, -0.2) is 39.2 Å². The number of nitrogens with zero attached hydrogens (tertiary/aromatic N) is 2. The topological polar surface area (TPSA) is 69.7 Å². The number of aryl methyl sites for hydroxylation is 1. The fourth-order valence-electron chi connectivity index (χ4n) is 3.96. The van der Waals surface area contributed by atoms with E-state index < -0.39 is 10.0 Å². The average molecular weight is 400 g/mol. The van der Waals surface area contributed by atoms with E-state index in [0.717, 1.165) is 30.8 Å². The number of sulfonamides is 1. The number of carbonyl (C=O) groups excluding carboxylic acids is 1. The SMILES string of the molecule is CC(Nc1ccc(N2CCCS2(=O)=O)cc1)C(=O)N1CCCc2ccccc21. The molecule has 2 aromatic rings. The third kappa shape index (κ3) is 3.58. The van der Waals surface area contributed by atoms with Gasteiger partial charge in [0.1, 0.15) is 6.04 Å². The summed E-state index contributed by atoms with van der Waals surface area (Å²) in [7, 11) is -3.18. The highest BCUT2D eigenvalue weighted by atomic mass is 32.2. The lowest BCUT2D eigenvalue weighted by Gasteiger charge is -2.32. The lowest BCUT2D eigenvalue weighted by molar-refractivity contribution is -0.119. The second-order valence-corrected chi connectivity index (χ2v) is 9.39. The van der Waals surface area contributed by atoms with Crippen molar-refractivity contribution in [2.45, 2.75) is 32.2 Å². The van der Waals surface area contributed by atoms with E-state index in [1.54, 1.807) is 12.1 Å². The fourth-order valence-corrected chi connectivity index (χ4v) is 5.53. The van der Waals surface area contributed by atoms with Gasteiger partial charge in [0, 0.05) is 24.5 Å². The highest BCUT2D eigenvalue weighted by Crippen LogP contribution is 2.28. The summed E-state index contributed by atoms with van der Waals surface area (Å²) >= 11 is 0. The zero-order chi connectivity index (χ0) is 19.7. The van der Waals surface area contributed by atoms with Gasteiger partial charge < -0.3 is 10.2 Å². The molecule has 2 aliphatic heterocycles. The Bertz CT molecular complexity index is 973. The Kier molecular flexibility index (Phi) is 5.02. The van der Waals surface area contributed by atoms with Crippen molar-refractivity contribution < 1.29 is 13.2 Å². The van der Waals surface area contributed by atoms with E-state index in [1.807, 2.05) is 42.2 Å². The maximum atomic E-state index is 13.0. The first-order valence-electron chi connectivity index (χ1n) is 9.72.